The van der Waals surface area contributed by atoms with Crippen molar-refractivity contribution in [3.63, 3.8) is 0 Å². The first-order valence-electron chi connectivity index (χ1n) is 12.9. The molecule has 2 N–H and O–H groups in total. The number of carbonyl (C=O) groups excluding carboxylic acids is 4. The van der Waals surface area contributed by atoms with E-state index in [1.54, 1.807) is 6.07 Å². The SMILES string of the molecule is CC(C)(C)C1CCCn2nc(COC(=O)NCc3ccc4c(c3F)C(=O)N(C3CCC(=O)NC3=O)C4)cc21. The maximum Gasteiger partial charge on any atom is 0.407 e. The predicted molar refractivity (Wildman–Crippen MR) is 133 cm³/mol. The maximum atomic E-state index is 15.3. The summed E-state index contributed by atoms with van der Waals surface area (Å²) in [6.45, 7) is 7.37. The molecule has 0 aliphatic carbocycles. The molecule has 4 heterocycles. The fourth-order valence-corrected chi connectivity index (χ4v) is 5.63. The first-order valence-corrected chi connectivity index (χ1v) is 12.9. The van der Waals surface area contributed by atoms with E-state index < -0.39 is 29.8 Å². The number of imide groups is 1. The number of hydrogen-bond donors (Lipinski definition) is 2. The number of benzene rings is 1. The molecule has 1 fully saturated rings. The summed E-state index contributed by atoms with van der Waals surface area (Å²) >= 11 is 0. The molecule has 2 unspecified atom stereocenters. The monoisotopic (exact) mass is 525 g/mol. The molecule has 3 aliphatic rings. The minimum absolute atomic E-state index is 0.00519. The number of ether oxygens (including phenoxy) is 1. The van der Waals surface area contributed by atoms with Gasteiger partial charge in [0, 0.05) is 43.2 Å². The summed E-state index contributed by atoms with van der Waals surface area (Å²) in [5, 5.41) is 9.35. The molecule has 0 saturated carbocycles. The van der Waals surface area contributed by atoms with Crippen LogP contribution >= 0.6 is 0 Å². The van der Waals surface area contributed by atoms with Crippen LogP contribution in [0.5, 0.6) is 0 Å². The van der Waals surface area contributed by atoms with Gasteiger partial charge in [0.2, 0.25) is 11.8 Å². The van der Waals surface area contributed by atoms with Crippen molar-refractivity contribution in [1.29, 1.82) is 0 Å². The first kappa shape index (κ1) is 25.9. The summed E-state index contributed by atoms with van der Waals surface area (Å²) in [6, 6.07) is 4.29. The van der Waals surface area contributed by atoms with Crippen LogP contribution in [-0.4, -0.2) is 44.5 Å². The molecule has 5 rings (SSSR count). The average molecular weight is 526 g/mol. The normalized spacial score (nSPS) is 21.2. The Bertz CT molecular complexity index is 1310. The number of carbonyl (C=O) groups is 4. The number of aryl methyl sites for hydroxylation is 1. The molecule has 1 aromatic heterocycles. The van der Waals surface area contributed by atoms with E-state index in [1.165, 1.54) is 11.0 Å². The Morgan fingerprint density at radius 1 is 1.24 bits per heavy atom. The number of rotatable bonds is 5. The molecule has 2 atom stereocenters. The van der Waals surface area contributed by atoms with Crippen LogP contribution in [0.2, 0.25) is 0 Å². The van der Waals surface area contributed by atoms with Crippen molar-refractivity contribution in [1.82, 2.24) is 25.3 Å². The van der Waals surface area contributed by atoms with Crippen LogP contribution in [0.1, 0.15) is 85.2 Å². The number of hydrogen-bond acceptors (Lipinski definition) is 6. The van der Waals surface area contributed by atoms with E-state index in [-0.39, 0.29) is 55.0 Å². The molecule has 38 heavy (non-hydrogen) atoms. The summed E-state index contributed by atoms with van der Waals surface area (Å²) in [7, 11) is 0. The summed E-state index contributed by atoms with van der Waals surface area (Å²) < 4.78 is 22.6. The van der Waals surface area contributed by atoms with Gasteiger partial charge in [-0.05, 0) is 36.3 Å². The van der Waals surface area contributed by atoms with E-state index in [4.69, 9.17) is 4.74 Å². The van der Waals surface area contributed by atoms with Crippen LogP contribution in [0.25, 0.3) is 0 Å². The van der Waals surface area contributed by atoms with E-state index in [0.29, 0.717) is 17.2 Å². The van der Waals surface area contributed by atoms with Crippen LogP contribution in [0.4, 0.5) is 9.18 Å². The zero-order chi connectivity index (χ0) is 27.2. The second kappa shape index (κ2) is 9.85. The highest BCUT2D eigenvalue weighted by Crippen LogP contribution is 2.41. The van der Waals surface area contributed by atoms with Gasteiger partial charge in [-0.3, -0.25) is 24.4 Å². The van der Waals surface area contributed by atoms with Crippen LogP contribution in [-0.2, 0) is 40.6 Å². The third-order valence-electron chi connectivity index (χ3n) is 7.61. The second-order valence-corrected chi connectivity index (χ2v) is 11.2. The number of amides is 4. The average Bonchev–Trinajstić information content (AvgIpc) is 3.42. The van der Waals surface area contributed by atoms with Crippen molar-refractivity contribution >= 4 is 23.8 Å². The molecule has 0 radical (unpaired) electrons. The Labute approximate surface area is 219 Å². The Morgan fingerprint density at radius 3 is 2.76 bits per heavy atom. The number of halogens is 1. The summed E-state index contributed by atoms with van der Waals surface area (Å²) in [5.41, 5.74) is 2.39. The minimum atomic E-state index is -0.823. The maximum absolute atomic E-state index is 15.3. The van der Waals surface area contributed by atoms with Gasteiger partial charge in [-0.1, -0.05) is 32.9 Å². The molecule has 202 valence electrons. The van der Waals surface area contributed by atoms with Gasteiger partial charge in [0.1, 0.15) is 24.2 Å². The highest BCUT2D eigenvalue weighted by molar-refractivity contribution is 6.05. The zero-order valence-corrected chi connectivity index (χ0v) is 21.8. The lowest BCUT2D eigenvalue weighted by atomic mass is 9.75. The lowest BCUT2D eigenvalue weighted by molar-refractivity contribution is -0.136. The highest BCUT2D eigenvalue weighted by atomic mass is 19.1. The second-order valence-electron chi connectivity index (χ2n) is 11.2. The summed E-state index contributed by atoms with van der Waals surface area (Å²) in [6.07, 6.45) is 1.74. The fraction of sp³-hybridized carbons (Fsp3) is 0.519. The lowest BCUT2D eigenvalue weighted by Gasteiger charge is -2.34. The molecule has 1 saturated heterocycles. The van der Waals surface area contributed by atoms with Gasteiger partial charge in [-0.2, -0.15) is 5.10 Å². The molecule has 11 heteroatoms. The topological polar surface area (TPSA) is 123 Å². The van der Waals surface area contributed by atoms with Gasteiger partial charge >= 0.3 is 6.09 Å². The molecule has 0 bridgehead atoms. The third kappa shape index (κ3) is 4.89. The molecule has 3 aliphatic heterocycles. The van der Waals surface area contributed by atoms with Gasteiger partial charge in [0.05, 0.1) is 5.56 Å². The van der Waals surface area contributed by atoms with Gasteiger partial charge in [-0.15, -0.1) is 0 Å². The molecule has 10 nitrogen and oxygen atoms in total. The summed E-state index contributed by atoms with van der Waals surface area (Å²) in [5.74, 6) is -1.91. The number of alkyl carbamates (subject to hydrolysis) is 1. The number of fused-ring (bicyclic) bond motifs is 2. The lowest BCUT2D eigenvalue weighted by Crippen LogP contribution is -2.52. The molecule has 0 spiro atoms. The van der Waals surface area contributed by atoms with E-state index >= 15 is 4.39 Å². The van der Waals surface area contributed by atoms with Crippen molar-refractivity contribution in [3.8, 4) is 0 Å². The zero-order valence-electron chi connectivity index (χ0n) is 21.8. The standard InChI is InChI=1S/C27H32FN5O5/c1-27(2,3)18-5-4-10-33-20(18)11-17(31-33)14-38-26(37)29-12-15-6-7-16-13-32(25(36)22(16)23(15)28)19-8-9-21(34)30-24(19)35/h6-7,11,18-19H,4-5,8-10,12-14H2,1-3H3,(H,29,37)(H,30,34,35). The van der Waals surface area contributed by atoms with Gasteiger partial charge in [0.15, 0.2) is 0 Å². The van der Waals surface area contributed by atoms with Crippen molar-refractivity contribution in [2.45, 2.75) is 84.7 Å². The Hall–Kier alpha value is -3.76. The van der Waals surface area contributed by atoms with Crippen LogP contribution in [0.15, 0.2) is 18.2 Å². The Kier molecular flexibility index (Phi) is 6.70. The highest BCUT2D eigenvalue weighted by Gasteiger charge is 2.41. The van der Waals surface area contributed by atoms with Crippen LogP contribution in [0, 0.1) is 11.2 Å². The number of aromatic nitrogens is 2. The largest absolute Gasteiger partial charge is 0.443 e. The molecular formula is C27H32FN5O5. The molecule has 1 aromatic carbocycles. The van der Waals surface area contributed by atoms with Crippen LogP contribution < -0.4 is 10.6 Å². The van der Waals surface area contributed by atoms with Crippen molar-refractivity contribution in [2.75, 3.05) is 0 Å². The smallest absolute Gasteiger partial charge is 0.407 e. The number of nitrogens with one attached hydrogen (secondary N) is 2. The first-order chi connectivity index (χ1) is 18.0. The number of nitrogens with zero attached hydrogens (tertiary/aromatic N) is 3. The van der Waals surface area contributed by atoms with Crippen molar-refractivity contribution in [3.05, 3.63) is 52.1 Å². The third-order valence-corrected chi connectivity index (χ3v) is 7.61. The van der Waals surface area contributed by atoms with Crippen molar-refractivity contribution < 1.29 is 28.3 Å². The molecular weight excluding hydrogens is 493 g/mol. The molecule has 4 amide bonds. The van der Waals surface area contributed by atoms with Gasteiger partial charge < -0.3 is 15.0 Å². The minimum Gasteiger partial charge on any atom is -0.443 e. The van der Waals surface area contributed by atoms with Gasteiger partial charge in [0.25, 0.3) is 5.91 Å². The van der Waals surface area contributed by atoms with E-state index in [2.05, 4.69) is 36.5 Å². The Morgan fingerprint density at radius 2 is 2.03 bits per heavy atom. The predicted octanol–water partition coefficient (Wildman–Crippen LogP) is 3.13. The Balaban J connectivity index is 1.19. The van der Waals surface area contributed by atoms with E-state index in [9.17, 15) is 19.2 Å². The van der Waals surface area contributed by atoms with Crippen molar-refractivity contribution in [2.24, 2.45) is 5.41 Å². The number of piperidine rings is 1. The quantitative estimate of drug-likeness (QED) is 0.579. The molecule has 2 aromatic rings. The fourth-order valence-electron chi connectivity index (χ4n) is 5.63. The van der Waals surface area contributed by atoms with E-state index in [1.807, 2.05) is 10.7 Å². The van der Waals surface area contributed by atoms with Crippen LogP contribution in [0.3, 0.4) is 0 Å². The summed E-state index contributed by atoms with van der Waals surface area (Å²) in [4.78, 5) is 50.2. The van der Waals surface area contributed by atoms with Gasteiger partial charge in [-0.25, -0.2) is 9.18 Å². The van der Waals surface area contributed by atoms with E-state index in [0.717, 1.165) is 25.1 Å².